The lowest BCUT2D eigenvalue weighted by Crippen LogP contribution is -2.41. The molecule has 0 aromatic carbocycles. The number of aliphatic carboxylic acids is 1. The van der Waals surface area contributed by atoms with E-state index in [0.29, 0.717) is 19.4 Å². The van der Waals surface area contributed by atoms with Gasteiger partial charge in [-0.25, -0.2) is 8.42 Å². The summed E-state index contributed by atoms with van der Waals surface area (Å²) >= 11 is 3.83. The van der Waals surface area contributed by atoms with Gasteiger partial charge in [-0.15, -0.1) is 0 Å². The lowest BCUT2D eigenvalue weighted by Gasteiger charge is -2.20. The highest BCUT2D eigenvalue weighted by Crippen LogP contribution is 2.21. The largest absolute Gasteiger partial charge is 0.480 e. The molecule has 0 aromatic rings. The van der Waals surface area contributed by atoms with Crippen molar-refractivity contribution in [3.63, 3.8) is 0 Å². The number of carbonyl (C=O) groups is 1. The number of carboxylic acid groups (broad SMARTS) is 1. The van der Waals surface area contributed by atoms with Gasteiger partial charge in [-0.05, 0) is 12.8 Å². The maximum atomic E-state index is 11.6. The van der Waals surface area contributed by atoms with Crippen LogP contribution < -0.4 is 0 Å². The van der Waals surface area contributed by atoms with Gasteiger partial charge in [-0.2, -0.15) is 16.9 Å². The Labute approximate surface area is 88.6 Å². The topological polar surface area (TPSA) is 74.7 Å². The number of hydrogen-bond donors (Lipinski definition) is 2. The number of sulfonamides is 1. The summed E-state index contributed by atoms with van der Waals surface area (Å²) in [6.45, 7) is 0.313. The fourth-order valence-corrected chi connectivity index (χ4v) is 3.70. The summed E-state index contributed by atoms with van der Waals surface area (Å²) in [6.07, 6.45) is 1.02. The molecule has 1 heterocycles. The minimum Gasteiger partial charge on any atom is -0.480 e. The predicted octanol–water partition coefficient (Wildman–Crippen LogP) is -0.205. The first-order chi connectivity index (χ1) is 6.49. The van der Waals surface area contributed by atoms with E-state index in [1.165, 1.54) is 0 Å². The van der Waals surface area contributed by atoms with E-state index < -0.39 is 22.0 Å². The van der Waals surface area contributed by atoms with E-state index in [0.717, 1.165) is 4.31 Å². The Morgan fingerprint density at radius 3 is 2.71 bits per heavy atom. The molecule has 0 saturated carbocycles. The van der Waals surface area contributed by atoms with E-state index in [1.807, 2.05) is 0 Å². The van der Waals surface area contributed by atoms with Crippen LogP contribution in [0, 0.1) is 0 Å². The van der Waals surface area contributed by atoms with Crippen molar-refractivity contribution in [3.05, 3.63) is 0 Å². The fourth-order valence-electron chi connectivity index (χ4n) is 1.55. The molecular weight excluding hydrogens is 226 g/mol. The molecule has 1 N–H and O–H groups in total. The maximum absolute atomic E-state index is 11.6. The molecule has 82 valence electrons. The predicted molar refractivity (Wildman–Crippen MR) is 55.0 cm³/mol. The second-order valence-electron chi connectivity index (χ2n) is 3.15. The molecule has 1 aliphatic heterocycles. The highest BCUT2D eigenvalue weighted by atomic mass is 32.2. The molecule has 5 nitrogen and oxygen atoms in total. The van der Waals surface area contributed by atoms with E-state index in [-0.39, 0.29) is 11.5 Å². The van der Waals surface area contributed by atoms with Gasteiger partial charge in [0.1, 0.15) is 6.04 Å². The lowest BCUT2D eigenvalue weighted by molar-refractivity contribution is -0.140. The quantitative estimate of drug-likeness (QED) is 0.666. The summed E-state index contributed by atoms with van der Waals surface area (Å²) in [5.74, 6) is -0.948. The molecule has 0 unspecified atom stereocenters. The van der Waals surface area contributed by atoms with Crippen molar-refractivity contribution in [3.8, 4) is 0 Å². The van der Waals surface area contributed by atoms with Crippen LogP contribution in [-0.4, -0.2) is 47.9 Å². The molecular formula is C7H13NO4S2. The molecule has 0 aliphatic carbocycles. The average molecular weight is 239 g/mol. The highest BCUT2D eigenvalue weighted by Gasteiger charge is 2.37. The minimum absolute atomic E-state index is 0.0973. The van der Waals surface area contributed by atoms with Crippen molar-refractivity contribution in [1.29, 1.82) is 0 Å². The smallest absolute Gasteiger partial charge is 0.322 e. The van der Waals surface area contributed by atoms with Crippen LogP contribution in [0.3, 0.4) is 0 Å². The Morgan fingerprint density at radius 1 is 1.57 bits per heavy atom. The van der Waals surface area contributed by atoms with E-state index >= 15 is 0 Å². The van der Waals surface area contributed by atoms with Crippen molar-refractivity contribution in [1.82, 2.24) is 4.31 Å². The first-order valence-corrected chi connectivity index (χ1v) is 6.56. The molecule has 1 aliphatic rings. The van der Waals surface area contributed by atoms with Crippen molar-refractivity contribution in [2.75, 3.05) is 18.1 Å². The molecule has 7 heteroatoms. The van der Waals surface area contributed by atoms with Gasteiger partial charge in [0.2, 0.25) is 10.0 Å². The van der Waals surface area contributed by atoms with Crippen LogP contribution in [0.5, 0.6) is 0 Å². The molecule has 0 amide bonds. The molecule has 1 atom stereocenters. The van der Waals surface area contributed by atoms with Gasteiger partial charge in [0.05, 0.1) is 5.75 Å². The van der Waals surface area contributed by atoms with E-state index in [9.17, 15) is 13.2 Å². The second-order valence-corrected chi connectivity index (χ2v) is 5.63. The Balaban J connectivity index is 2.81. The zero-order valence-corrected chi connectivity index (χ0v) is 9.30. The molecule has 1 saturated heterocycles. The van der Waals surface area contributed by atoms with E-state index in [2.05, 4.69) is 12.6 Å². The van der Waals surface area contributed by atoms with Crippen LogP contribution in [0.4, 0.5) is 0 Å². The second kappa shape index (κ2) is 4.50. The highest BCUT2D eigenvalue weighted by molar-refractivity contribution is 7.90. The van der Waals surface area contributed by atoms with Crippen LogP contribution >= 0.6 is 12.6 Å². The third-order valence-electron chi connectivity index (χ3n) is 2.20. The molecule has 0 bridgehead atoms. The number of carboxylic acids is 1. The number of hydrogen-bond acceptors (Lipinski definition) is 4. The number of thiol groups is 1. The molecule has 1 fully saturated rings. The zero-order valence-electron chi connectivity index (χ0n) is 7.59. The Kier molecular flexibility index (Phi) is 3.79. The maximum Gasteiger partial charge on any atom is 0.322 e. The van der Waals surface area contributed by atoms with Crippen LogP contribution in [-0.2, 0) is 14.8 Å². The molecule has 0 radical (unpaired) electrons. The van der Waals surface area contributed by atoms with Crippen molar-refractivity contribution in [2.45, 2.75) is 18.9 Å². The zero-order chi connectivity index (χ0) is 10.8. The molecule has 1 rings (SSSR count). The molecule has 0 aromatic heterocycles. The molecule has 14 heavy (non-hydrogen) atoms. The van der Waals surface area contributed by atoms with E-state index in [4.69, 9.17) is 5.11 Å². The Bertz CT molecular complexity index is 314. The monoisotopic (exact) mass is 239 g/mol. The summed E-state index contributed by atoms with van der Waals surface area (Å²) in [4.78, 5) is 10.7. The van der Waals surface area contributed by atoms with Gasteiger partial charge < -0.3 is 5.11 Å². The fraction of sp³-hybridized carbons (Fsp3) is 0.857. The van der Waals surface area contributed by atoms with Gasteiger partial charge in [0.25, 0.3) is 0 Å². The SMILES string of the molecule is O=C(O)[C@@H]1CCCN1S(=O)(=O)CCS. The van der Waals surface area contributed by atoms with Gasteiger partial charge in [-0.3, -0.25) is 4.79 Å². The van der Waals surface area contributed by atoms with Crippen molar-refractivity contribution >= 4 is 28.6 Å². The van der Waals surface area contributed by atoms with Crippen LogP contribution in [0.2, 0.25) is 0 Å². The summed E-state index contributed by atoms with van der Waals surface area (Å²) in [7, 11) is -3.43. The van der Waals surface area contributed by atoms with Gasteiger partial charge in [0.15, 0.2) is 0 Å². The Hall–Kier alpha value is -0.270. The lowest BCUT2D eigenvalue weighted by atomic mass is 10.2. The van der Waals surface area contributed by atoms with E-state index in [1.54, 1.807) is 0 Å². The van der Waals surface area contributed by atoms with Crippen molar-refractivity contribution in [2.24, 2.45) is 0 Å². The minimum atomic E-state index is -3.43. The first-order valence-electron chi connectivity index (χ1n) is 4.32. The molecule has 0 spiro atoms. The van der Waals surface area contributed by atoms with Gasteiger partial charge in [-0.1, -0.05) is 0 Å². The number of rotatable bonds is 4. The summed E-state index contributed by atoms with van der Waals surface area (Å²) in [6, 6.07) is -0.875. The third kappa shape index (κ3) is 2.40. The van der Waals surface area contributed by atoms with Crippen LogP contribution in [0.1, 0.15) is 12.8 Å². The van der Waals surface area contributed by atoms with Crippen LogP contribution in [0.15, 0.2) is 0 Å². The van der Waals surface area contributed by atoms with Crippen LogP contribution in [0.25, 0.3) is 0 Å². The summed E-state index contributed by atoms with van der Waals surface area (Å²) in [5.41, 5.74) is 0. The first kappa shape index (κ1) is 11.8. The van der Waals surface area contributed by atoms with Crippen molar-refractivity contribution < 1.29 is 18.3 Å². The Morgan fingerprint density at radius 2 is 2.21 bits per heavy atom. The summed E-state index contributed by atoms with van der Waals surface area (Å²) in [5, 5.41) is 8.79. The third-order valence-corrected chi connectivity index (χ3v) is 4.59. The van der Waals surface area contributed by atoms with Gasteiger partial charge in [0, 0.05) is 12.3 Å². The average Bonchev–Trinajstić information content (AvgIpc) is 2.51. The standard InChI is InChI=1S/C7H13NO4S2/c9-7(10)6-2-1-3-8(6)14(11,12)5-4-13/h6,13H,1-5H2,(H,9,10)/t6-/m0/s1. The number of nitrogens with zero attached hydrogens (tertiary/aromatic N) is 1. The van der Waals surface area contributed by atoms with Gasteiger partial charge >= 0.3 is 5.97 Å². The summed E-state index contributed by atoms with van der Waals surface area (Å²) < 4.78 is 24.2. The normalized spacial score (nSPS) is 23.9.